The van der Waals surface area contributed by atoms with Gasteiger partial charge in [0, 0.05) is 24.8 Å². The van der Waals surface area contributed by atoms with E-state index in [-0.39, 0.29) is 11.9 Å². The van der Waals surface area contributed by atoms with Crippen molar-refractivity contribution in [2.45, 2.75) is 13.0 Å². The predicted molar refractivity (Wildman–Crippen MR) is 99.7 cm³/mol. The maximum Gasteiger partial charge on any atom is 0.276 e. The molecule has 3 rings (SSSR count). The monoisotopic (exact) mass is 332 g/mol. The van der Waals surface area contributed by atoms with Crippen molar-refractivity contribution in [3.63, 3.8) is 0 Å². The summed E-state index contributed by atoms with van der Waals surface area (Å²) in [6.45, 7) is 2.05. The fraction of sp³-hybridized carbons (Fsp3) is 0.150. The van der Waals surface area contributed by atoms with Crippen molar-refractivity contribution in [1.29, 1.82) is 0 Å². The van der Waals surface area contributed by atoms with Crippen LogP contribution >= 0.6 is 0 Å². The summed E-state index contributed by atoms with van der Waals surface area (Å²) in [5.41, 5.74) is 2.32. The fourth-order valence-electron chi connectivity index (χ4n) is 2.54. The molecule has 0 bridgehead atoms. The summed E-state index contributed by atoms with van der Waals surface area (Å²) in [5.74, 6) is 0.445. The van der Waals surface area contributed by atoms with Crippen LogP contribution in [0.2, 0.25) is 0 Å². The lowest BCUT2D eigenvalue weighted by atomic mass is 10.1. The number of para-hydroxylation sites is 1. The minimum absolute atomic E-state index is 0.0749. The molecule has 126 valence electrons. The van der Waals surface area contributed by atoms with E-state index in [4.69, 9.17) is 0 Å². The zero-order valence-corrected chi connectivity index (χ0v) is 14.3. The maximum atomic E-state index is 12.7. The molecule has 1 aromatic heterocycles. The molecule has 3 aromatic rings. The van der Waals surface area contributed by atoms with E-state index in [9.17, 15) is 4.79 Å². The van der Waals surface area contributed by atoms with Crippen molar-refractivity contribution in [3.8, 4) is 0 Å². The molecule has 0 aliphatic rings. The quantitative estimate of drug-likeness (QED) is 0.769. The van der Waals surface area contributed by atoms with Gasteiger partial charge < -0.3 is 10.2 Å². The predicted octanol–water partition coefficient (Wildman–Crippen LogP) is 3.93. The zero-order chi connectivity index (χ0) is 17.6. The molecule has 0 fully saturated rings. The molecule has 1 N–H and O–H groups in total. The summed E-state index contributed by atoms with van der Waals surface area (Å²) in [6.07, 6.45) is 1.41. The highest BCUT2D eigenvalue weighted by molar-refractivity contribution is 6.04. The summed E-state index contributed by atoms with van der Waals surface area (Å²) in [5, 5.41) is 3.31. The highest BCUT2D eigenvalue weighted by Crippen LogP contribution is 2.19. The molecule has 0 aliphatic carbocycles. The van der Waals surface area contributed by atoms with Gasteiger partial charge in [-0.3, -0.25) is 4.79 Å². The number of rotatable bonds is 5. The first-order chi connectivity index (χ1) is 12.1. The lowest BCUT2D eigenvalue weighted by molar-refractivity contribution is 0.0988. The molecule has 2 aromatic carbocycles. The molecule has 25 heavy (non-hydrogen) atoms. The largest absolute Gasteiger partial charge is 0.363 e. The summed E-state index contributed by atoms with van der Waals surface area (Å²) >= 11 is 0. The number of nitrogens with one attached hydrogen (secondary N) is 1. The molecular formula is C20H20N4O. The van der Waals surface area contributed by atoms with Gasteiger partial charge in [0.25, 0.3) is 5.91 Å². The molecule has 0 radical (unpaired) electrons. The Morgan fingerprint density at radius 1 is 1.00 bits per heavy atom. The van der Waals surface area contributed by atoms with Gasteiger partial charge in [-0.05, 0) is 24.6 Å². The summed E-state index contributed by atoms with van der Waals surface area (Å²) in [4.78, 5) is 22.6. The molecule has 5 nitrogen and oxygen atoms in total. The van der Waals surface area contributed by atoms with Gasteiger partial charge in [0.15, 0.2) is 0 Å². The number of anilines is 2. The first-order valence-corrected chi connectivity index (χ1v) is 8.12. The van der Waals surface area contributed by atoms with Gasteiger partial charge in [-0.1, -0.05) is 48.5 Å². The normalized spacial score (nSPS) is 11.6. The third-order valence-corrected chi connectivity index (χ3v) is 4.00. The Morgan fingerprint density at radius 2 is 1.64 bits per heavy atom. The molecule has 1 unspecified atom stereocenters. The van der Waals surface area contributed by atoms with Crippen molar-refractivity contribution >= 4 is 17.4 Å². The number of carbonyl (C=O) groups excluding carboxylic acids is 1. The van der Waals surface area contributed by atoms with Crippen LogP contribution in [0.5, 0.6) is 0 Å². The van der Waals surface area contributed by atoms with E-state index in [1.165, 1.54) is 6.33 Å². The van der Waals surface area contributed by atoms with Crippen LogP contribution in [0.4, 0.5) is 11.5 Å². The molecule has 0 saturated carbocycles. The number of benzene rings is 2. The Kier molecular flexibility index (Phi) is 5.04. The minimum atomic E-state index is -0.177. The van der Waals surface area contributed by atoms with E-state index in [1.54, 1.807) is 18.0 Å². The van der Waals surface area contributed by atoms with Gasteiger partial charge in [-0.25, -0.2) is 9.97 Å². The molecule has 1 heterocycles. The van der Waals surface area contributed by atoms with Crippen molar-refractivity contribution in [3.05, 3.63) is 84.3 Å². The van der Waals surface area contributed by atoms with E-state index in [2.05, 4.69) is 22.2 Å². The number of nitrogens with zero attached hydrogens (tertiary/aromatic N) is 3. The molecule has 0 saturated heterocycles. The van der Waals surface area contributed by atoms with Crippen LogP contribution in [0, 0.1) is 0 Å². The molecule has 0 spiro atoms. The third kappa shape index (κ3) is 4.01. The highest BCUT2D eigenvalue weighted by atomic mass is 16.2. The van der Waals surface area contributed by atoms with E-state index in [0.29, 0.717) is 11.5 Å². The SMILES string of the molecule is CC(Nc1cc(C(=O)N(C)c2ccccc2)ncn1)c1ccccc1. The van der Waals surface area contributed by atoms with E-state index in [1.807, 2.05) is 60.7 Å². The lowest BCUT2D eigenvalue weighted by Gasteiger charge is -2.18. The number of amides is 1. The molecule has 1 atom stereocenters. The number of carbonyl (C=O) groups is 1. The molecule has 5 heteroatoms. The first kappa shape index (κ1) is 16.6. The van der Waals surface area contributed by atoms with Gasteiger partial charge in [0.1, 0.15) is 17.8 Å². The zero-order valence-electron chi connectivity index (χ0n) is 14.3. The van der Waals surface area contributed by atoms with Crippen LogP contribution in [-0.2, 0) is 0 Å². The summed E-state index contributed by atoms with van der Waals surface area (Å²) in [6, 6.07) is 21.3. The van der Waals surface area contributed by atoms with Gasteiger partial charge in [0.05, 0.1) is 0 Å². The van der Waals surface area contributed by atoms with E-state index < -0.39 is 0 Å². The van der Waals surface area contributed by atoms with Crippen LogP contribution in [-0.4, -0.2) is 22.9 Å². The van der Waals surface area contributed by atoms with Crippen molar-refractivity contribution in [2.75, 3.05) is 17.3 Å². The second-order valence-electron chi connectivity index (χ2n) is 5.76. The van der Waals surface area contributed by atoms with Gasteiger partial charge in [-0.2, -0.15) is 0 Å². The Labute approximate surface area is 147 Å². The number of hydrogen-bond acceptors (Lipinski definition) is 4. The topological polar surface area (TPSA) is 58.1 Å². The van der Waals surface area contributed by atoms with Gasteiger partial charge >= 0.3 is 0 Å². The van der Waals surface area contributed by atoms with Crippen molar-refractivity contribution in [2.24, 2.45) is 0 Å². The molecular weight excluding hydrogens is 312 g/mol. The smallest absolute Gasteiger partial charge is 0.276 e. The maximum absolute atomic E-state index is 12.7. The molecule has 0 aliphatic heterocycles. The summed E-state index contributed by atoms with van der Waals surface area (Å²) in [7, 11) is 1.74. The van der Waals surface area contributed by atoms with Crippen LogP contribution in [0.15, 0.2) is 73.1 Å². The minimum Gasteiger partial charge on any atom is -0.363 e. The Hall–Kier alpha value is -3.21. The average molecular weight is 332 g/mol. The van der Waals surface area contributed by atoms with Crippen molar-refractivity contribution < 1.29 is 4.79 Å². The fourth-order valence-corrected chi connectivity index (χ4v) is 2.54. The standard InChI is InChI=1S/C20H20N4O/c1-15(16-9-5-3-6-10-16)23-19-13-18(21-14-22-19)20(25)24(2)17-11-7-4-8-12-17/h3-15H,1-2H3,(H,21,22,23). The van der Waals surface area contributed by atoms with Gasteiger partial charge in [0.2, 0.25) is 0 Å². The van der Waals surface area contributed by atoms with Crippen LogP contribution in [0.3, 0.4) is 0 Å². The Balaban J connectivity index is 1.76. The van der Waals surface area contributed by atoms with Gasteiger partial charge in [-0.15, -0.1) is 0 Å². The second-order valence-corrected chi connectivity index (χ2v) is 5.76. The second kappa shape index (κ2) is 7.57. The lowest BCUT2D eigenvalue weighted by Crippen LogP contribution is -2.27. The number of hydrogen-bond donors (Lipinski definition) is 1. The van der Waals surface area contributed by atoms with E-state index >= 15 is 0 Å². The van der Waals surface area contributed by atoms with E-state index in [0.717, 1.165) is 11.3 Å². The van der Waals surface area contributed by atoms with Crippen LogP contribution in [0.25, 0.3) is 0 Å². The van der Waals surface area contributed by atoms with Crippen LogP contribution < -0.4 is 10.2 Å². The van der Waals surface area contributed by atoms with Crippen molar-refractivity contribution in [1.82, 2.24) is 9.97 Å². The molecule has 1 amide bonds. The Bertz CT molecular complexity index is 837. The summed E-state index contributed by atoms with van der Waals surface area (Å²) < 4.78 is 0. The highest BCUT2D eigenvalue weighted by Gasteiger charge is 2.16. The third-order valence-electron chi connectivity index (χ3n) is 4.00. The average Bonchev–Trinajstić information content (AvgIpc) is 2.68. The number of aromatic nitrogens is 2. The Morgan fingerprint density at radius 3 is 2.32 bits per heavy atom. The van der Waals surface area contributed by atoms with Crippen LogP contribution in [0.1, 0.15) is 29.0 Å². The first-order valence-electron chi connectivity index (χ1n) is 8.12.